The summed E-state index contributed by atoms with van der Waals surface area (Å²) in [6.07, 6.45) is 0. The number of nitrogens with one attached hydrogen (secondary N) is 1. The largest absolute Gasteiger partial charge is 0.277 e. The third kappa shape index (κ3) is 2.75. The molecule has 0 aliphatic carbocycles. The number of anilines is 1. The van der Waals surface area contributed by atoms with Crippen LogP contribution in [0.3, 0.4) is 0 Å². The van der Waals surface area contributed by atoms with E-state index in [2.05, 4.69) is 0 Å². The number of halogens is 2. The second-order valence-corrected chi connectivity index (χ2v) is 5.49. The van der Waals surface area contributed by atoms with E-state index >= 15 is 0 Å². The number of benzene rings is 2. The molecular formula is C13H8F2N2O2S. The van der Waals surface area contributed by atoms with Crippen LogP contribution in [0.4, 0.5) is 14.5 Å². The smallest absolute Gasteiger partial charge is 0.263 e. The molecule has 0 radical (unpaired) electrons. The highest BCUT2D eigenvalue weighted by molar-refractivity contribution is 7.92. The SMILES string of the molecule is N#Cc1ccccc1S(=O)(=O)Nc1cc(F)ccc1F. The summed E-state index contributed by atoms with van der Waals surface area (Å²) in [5.74, 6) is -1.69. The van der Waals surface area contributed by atoms with Crippen LogP contribution in [0.15, 0.2) is 47.4 Å². The van der Waals surface area contributed by atoms with Crippen LogP contribution in [0.25, 0.3) is 0 Å². The molecule has 0 unspecified atom stereocenters. The third-order valence-corrected chi connectivity index (χ3v) is 3.89. The summed E-state index contributed by atoms with van der Waals surface area (Å²) in [4.78, 5) is -0.300. The first-order valence-electron chi connectivity index (χ1n) is 5.41. The molecule has 0 amide bonds. The van der Waals surface area contributed by atoms with Gasteiger partial charge >= 0.3 is 0 Å². The summed E-state index contributed by atoms with van der Waals surface area (Å²) >= 11 is 0. The zero-order valence-electron chi connectivity index (χ0n) is 9.97. The summed E-state index contributed by atoms with van der Waals surface area (Å²) in [6, 6.07) is 9.58. The van der Waals surface area contributed by atoms with Crippen molar-refractivity contribution in [3.8, 4) is 6.07 Å². The van der Waals surface area contributed by atoms with Gasteiger partial charge in [0.2, 0.25) is 0 Å². The lowest BCUT2D eigenvalue weighted by molar-refractivity contribution is 0.594. The topological polar surface area (TPSA) is 70.0 Å². The van der Waals surface area contributed by atoms with Crippen LogP contribution >= 0.6 is 0 Å². The van der Waals surface area contributed by atoms with Crippen molar-refractivity contribution in [3.63, 3.8) is 0 Å². The molecule has 2 aromatic rings. The summed E-state index contributed by atoms with van der Waals surface area (Å²) in [6.45, 7) is 0. The number of hydrogen-bond acceptors (Lipinski definition) is 3. The summed E-state index contributed by atoms with van der Waals surface area (Å²) in [7, 11) is -4.17. The number of nitrogens with zero attached hydrogens (tertiary/aromatic N) is 1. The maximum absolute atomic E-state index is 13.4. The number of sulfonamides is 1. The Bertz CT molecular complexity index is 798. The van der Waals surface area contributed by atoms with Crippen LogP contribution in [0.5, 0.6) is 0 Å². The van der Waals surface area contributed by atoms with Gasteiger partial charge in [-0.15, -0.1) is 0 Å². The molecule has 20 heavy (non-hydrogen) atoms. The van der Waals surface area contributed by atoms with Crippen molar-refractivity contribution in [1.82, 2.24) is 0 Å². The van der Waals surface area contributed by atoms with Gasteiger partial charge in [0.25, 0.3) is 10.0 Å². The second kappa shape index (κ2) is 5.27. The van der Waals surface area contributed by atoms with Gasteiger partial charge in [-0.05, 0) is 24.3 Å². The third-order valence-electron chi connectivity index (χ3n) is 2.47. The molecule has 2 rings (SSSR count). The van der Waals surface area contributed by atoms with Gasteiger partial charge in [-0.25, -0.2) is 17.2 Å². The molecule has 0 saturated heterocycles. The van der Waals surface area contributed by atoms with E-state index in [1.807, 2.05) is 4.72 Å². The molecule has 4 nitrogen and oxygen atoms in total. The van der Waals surface area contributed by atoms with E-state index in [1.54, 1.807) is 6.07 Å². The molecule has 0 spiro atoms. The first-order valence-corrected chi connectivity index (χ1v) is 6.89. The van der Waals surface area contributed by atoms with Crippen LogP contribution in [-0.4, -0.2) is 8.42 Å². The zero-order chi connectivity index (χ0) is 14.8. The maximum atomic E-state index is 13.4. The Kier molecular flexibility index (Phi) is 3.68. The van der Waals surface area contributed by atoms with Crippen molar-refractivity contribution in [2.45, 2.75) is 4.90 Å². The lowest BCUT2D eigenvalue weighted by Gasteiger charge is -2.10. The minimum absolute atomic E-state index is 0.0863. The molecule has 0 aliphatic heterocycles. The lowest BCUT2D eigenvalue weighted by Crippen LogP contribution is -2.15. The first kappa shape index (κ1) is 14.0. The van der Waals surface area contributed by atoms with Crippen LogP contribution in [0.2, 0.25) is 0 Å². The fraction of sp³-hybridized carbons (Fsp3) is 0. The van der Waals surface area contributed by atoms with E-state index < -0.39 is 27.3 Å². The Balaban J connectivity index is 2.47. The molecule has 0 atom stereocenters. The van der Waals surface area contributed by atoms with Gasteiger partial charge in [-0.1, -0.05) is 12.1 Å². The molecule has 0 heterocycles. The van der Waals surface area contributed by atoms with Crippen molar-refractivity contribution in [2.24, 2.45) is 0 Å². The highest BCUT2D eigenvalue weighted by Gasteiger charge is 2.20. The Hall–Kier alpha value is -2.46. The monoisotopic (exact) mass is 294 g/mol. The number of hydrogen-bond donors (Lipinski definition) is 1. The average molecular weight is 294 g/mol. The fourth-order valence-corrected chi connectivity index (χ4v) is 2.79. The van der Waals surface area contributed by atoms with E-state index in [1.165, 1.54) is 24.3 Å². The van der Waals surface area contributed by atoms with Crippen LogP contribution in [-0.2, 0) is 10.0 Å². The van der Waals surface area contributed by atoms with E-state index in [0.717, 1.165) is 18.2 Å². The van der Waals surface area contributed by atoms with Gasteiger partial charge in [0.1, 0.15) is 22.6 Å². The van der Waals surface area contributed by atoms with Crippen molar-refractivity contribution in [2.75, 3.05) is 4.72 Å². The minimum Gasteiger partial charge on any atom is -0.277 e. The molecule has 0 saturated carbocycles. The predicted octanol–water partition coefficient (Wildman–Crippen LogP) is 2.64. The molecular weight excluding hydrogens is 286 g/mol. The molecule has 0 bridgehead atoms. The number of nitriles is 1. The quantitative estimate of drug-likeness (QED) is 0.946. The average Bonchev–Trinajstić information content (AvgIpc) is 2.42. The van der Waals surface area contributed by atoms with Crippen LogP contribution in [0.1, 0.15) is 5.56 Å². The zero-order valence-corrected chi connectivity index (χ0v) is 10.8. The Morgan fingerprint density at radius 3 is 2.50 bits per heavy atom. The van der Waals surface area contributed by atoms with Crippen molar-refractivity contribution >= 4 is 15.7 Å². The molecule has 0 fully saturated rings. The normalized spacial score (nSPS) is 10.8. The van der Waals surface area contributed by atoms with Gasteiger partial charge in [0.15, 0.2) is 0 Å². The molecule has 2 aromatic carbocycles. The van der Waals surface area contributed by atoms with Gasteiger partial charge < -0.3 is 0 Å². The highest BCUT2D eigenvalue weighted by atomic mass is 32.2. The second-order valence-electron chi connectivity index (χ2n) is 3.84. The van der Waals surface area contributed by atoms with Crippen molar-refractivity contribution < 1.29 is 17.2 Å². The van der Waals surface area contributed by atoms with Gasteiger partial charge in [0, 0.05) is 6.07 Å². The minimum atomic E-state index is -4.17. The Labute approximate surface area is 114 Å². The molecule has 102 valence electrons. The maximum Gasteiger partial charge on any atom is 0.263 e. The molecule has 7 heteroatoms. The van der Waals surface area contributed by atoms with Gasteiger partial charge in [-0.3, -0.25) is 4.72 Å². The predicted molar refractivity (Wildman–Crippen MR) is 68.3 cm³/mol. The molecule has 0 aliphatic rings. The van der Waals surface area contributed by atoms with E-state index in [-0.39, 0.29) is 10.5 Å². The van der Waals surface area contributed by atoms with Crippen LogP contribution < -0.4 is 4.72 Å². The van der Waals surface area contributed by atoms with Crippen molar-refractivity contribution in [1.29, 1.82) is 5.26 Å². The van der Waals surface area contributed by atoms with Gasteiger partial charge in [0.05, 0.1) is 11.3 Å². The Morgan fingerprint density at radius 2 is 1.80 bits per heavy atom. The summed E-state index contributed by atoms with van der Waals surface area (Å²) < 4.78 is 52.6. The summed E-state index contributed by atoms with van der Waals surface area (Å²) in [5, 5.41) is 8.87. The number of rotatable bonds is 3. The molecule has 0 aromatic heterocycles. The fourth-order valence-electron chi connectivity index (χ4n) is 1.57. The Morgan fingerprint density at radius 1 is 1.10 bits per heavy atom. The van der Waals surface area contributed by atoms with E-state index in [0.29, 0.717) is 0 Å². The first-order chi connectivity index (χ1) is 9.44. The van der Waals surface area contributed by atoms with E-state index in [9.17, 15) is 17.2 Å². The van der Waals surface area contributed by atoms with E-state index in [4.69, 9.17) is 5.26 Å². The highest BCUT2D eigenvalue weighted by Crippen LogP contribution is 2.22. The summed E-state index contributed by atoms with van der Waals surface area (Å²) in [5.41, 5.74) is -0.602. The van der Waals surface area contributed by atoms with Gasteiger partial charge in [-0.2, -0.15) is 5.26 Å². The standard InChI is InChI=1S/C13H8F2N2O2S/c14-10-5-6-11(15)12(7-10)17-20(18,19)13-4-2-1-3-9(13)8-16/h1-7,17H. The lowest BCUT2D eigenvalue weighted by atomic mass is 10.2. The van der Waals surface area contributed by atoms with Crippen LogP contribution in [0, 0.1) is 23.0 Å². The van der Waals surface area contributed by atoms with Crippen molar-refractivity contribution in [3.05, 3.63) is 59.7 Å². The molecule has 1 N–H and O–H groups in total.